The van der Waals surface area contributed by atoms with E-state index in [1.54, 1.807) is 12.3 Å². The van der Waals surface area contributed by atoms with Gasteiger partial charge in [-0.05, 0) is 29.8 Å². The van der Waals surface area contributed by atoms with E-state index in [0.29, 0.717) is 28.0 Å². The molecular weight excluding hydrogens is 340 g/mol. The highest BCUT2D eigenvalue weighted by molar-refractivity contribution is 5.87. The number of carbonyl (C=O) groups excluding carboxylic acids is 1. The second-order valence-electron chi connectivity index (χ2n) is 5.81. The Morgan fingerprint density at radius 2 is 2.12 bits per heavy atom. The molecule has 0 aliphatic rings. The number of hydrogen-bond acceptors (Lipinski definition) is 4. The maximum Gasteiger partial charge on any atom is 0.158 e. The maximum absolute atomic E-state index is 14.5. The fourth-order valence-corrected chi connectivity index (χ4v) is 2.73. The van der Waals surface area contributed by atoms with Crippen molar-refractivity contribution in [2.45, 2.75) is 12.5 Å². The third kappa shape index (κ3) is 3.62. The summed E-state index contributed by atoms with van der Waals surface area (Å²) in [5.41, 5.74) is 7.54. The first-order chi connectivity index (χ1) is 12.5. The number of carbonyl (C=O) groups is 1. The molecule has 1 heterocycles. The van der Waals surface area contributed by atoms with Crippen LogP contribution in [0, 0.1) is 11.6 Å². The van der Waals surface area contributed by atoms with Crippen molar-refractivity contribution in [2.75, 3.05) is 7.11 Å². The van der Waals surface area contributed by atoms with Crippen LogP contribution in [0.3, 0.4) is 0 Å². The first kappa shape index (κ1) is 17.8. The molecule has 0 saturated carbocycles. The van der Waals surface area contributed by atoms with Crippen LogP contribution in [-0.2, 0) is 11.2 Å². The molecule has 0 saturated heterocycles. The van der Waals surface area contributed by atoms with Gasteiger partial charge in [0, 0.05) is 29.3 Å². The summed E-state index contributed by atoms with van der Waals surface area (Å²) in [5.74, 6) is -0.986. The number of aromatic amines is 1. The van der Waals surface area contributed by atoms with Crippen molar-refractivity contribution in [1.29, 1.82) is 0 Å². The Morgan fingerprint density at radius 3 is 2.77 bits per heavy atom. The smallest absolute Gasteiger partial charge is 0.158 e. The molecule has 1 unspecified atom stereocenters. The molecule has 3 N–H and O–H groups in total. The molecule has 1 atom stereocenters. The minimum Gasteiger partial charge on any atom is -0.496 e. The Bertz CT molecular complexity index is 927. The van der Waals surface area contributed by atoms with Gasteiger partial charge in [-0.3, -0.25) is 9.89 Å². The van der Waals surface area contributed by atoms with Crippen LogP contribution in [0.15, 0.2) is 48.8 Å². The minimum atomic E-state index is -1.01. The quantitative estimate of drug-likeness (QED) is 0.710. The third-order valence-corrected chi connectivity index (χ3v) is 4.10. The van der Waals surface area contributed by atoms with Crippen LogP contribution in [0.2, 0.25) is 0 Å². The highest BCUT2D eigenvalue weighted by Gasteiger charge is 2.20. The molecule has 3 aromatic rings. The number of benzene rings is 2. The number of methoxy groups -OCH3 is 1. The van der Waals surface area contributed by atoms with Gasteiger partial charge >= 0.3 is 0 Å². The molecule has 134 valence electrons. The fourth-order valence-electron chi connectivity index (χ4n) is 2.73. The predicted octanol–water partition coefficient (Wildman–Crippen LogP) is 3.18. The lowest BCUT2D eigenvalue weighted by atomic mass is 9.96. The number of Topliss-reactive ketones (excluding diaryl/α,β-unsaturated/α-hetero) is 1. The molecular formula is C19H17F2N3O2. The van der Waals surface area contributed by atoms with Crippen molar-refractivity contribution in [3.05, 3.63) is 71.6 Å². The molecule has 0 aliphatic carbocycles. The van der Waals surface area contributed by atoms with Gasteiger partial charge in [-0.15, -0.1) is 0 Å². The number of rotatable bonds is 6. The van der Waals surface area contributed by atoms with Crippen LogP contribution in [-0.4, -0.2) is 23.1 Å². The van der Waals surface area contributed by atoms with Gasteiger partial charge in [-0.25, -0.2) is 8.78 Å². The van der Waals surface area contributed by atoms with Gasteiger partial charge in [-0.2, -0.15) is 5.10 Å². The number of halogens is 2. The number of ether oxygens (including phenoxy) is 1. The highest BCUT2D eigenvalue weighted by atomic mass is 19.1. The molecule has 0 fully saturated rings. The summed E-state index contributed by atoms with van der Waals surface area (Å²) >= 11 is 0. The molecule has 1 aromatic heterocycles. The summed E-state index contributed by atoms with van der Waals surface area (Å²) < 4.78 is 33.1. The van der Waals surface area contributed by atoms with Gasteiger partial charge in [0.1, 0.15) is 17.4 Å². The van der Waals surface area contributed by atoms with E-state index in [1.165, 1.54) is 43.6 Å². The first-order valence-electron chi connectivity index (χ1n) is 7.89. The number of nitrogens with one attached hydrogen (secondary N) is 1. The Balaban J connectivity index is 1.87. The van der Waals surface area contributed by atoms with Crippen molar-refractivity contribution in [1.82, 2.24) is 10.2 Å². The Kier molecular flexibility index (Phi) is 5.09. The maximum atomic E-state index is 14.5. The largest absolute Gasteiger partial charge is 0.496 e. The number of ketones is 1. The summed E-state index contributed by atoms with van der Waals surface area (Å²) in [6.07, 6.45) is 2.91. The second-order valence-corrected chi connectivity index (χ2v) is 5.81. The molecule has 0 amide bonds. The van der Waals surface area contributed by atoms with Gasteiger partial charge in [0.05, 0.1) is 19.3 Å². The standard InChI is InChI=1S/C19H17F2N3O2/c1-26-18-8-15(13-9-23-24-10-13)16(21)6-12(18)7-17(25)19(22)11-3-2-4-14(20)5-11/h2-6,8-10,19H,7,22H2,1H3,(H,23,24). The zero-order valence-electron chi connectivity index (χ0n) is 14.0. The van der Waals surface area contributed by atoms with Crippen molar-refractivity contribution in [3.8, 4) is 16.9 Å². The molecule has 5 nitrogen and oxygen atoms in total. The monoisotopic (exact) mass is 357 g/mol. The SMILES string of the molecule is COc1cc(-c2cn[nH]c2)c(F)cc1CC(=O)C(N)c1cccc(F)c1. The summed E-state index contributed by atoms with van der Waals surface area (Å²) in [6.45, 7) is 0. The average Bonchev–Trinajstić information content (AvgIpc) is 3.15. The van der Waals surface area contributed by atoms with Crippen LogP contribution >= 0.6 is 0 Å². The van der Waals surface area contributed by atoms with E-state index in [0.717, 1.165) is 0 Å². The van der Waals surface area contributed by atoms with Crippen molar-refractivity contribution in [3.63, 3.8) is 0 Å². The zero-order valence-corrected chi connectivity index (χ0v) is 14.0. The van der Waals surface area contributed by atoms with E-state index in [1.807, 2.05) is 0 Å². The summed E-state index contributed by atoms with van der Waals surface area (Å²) in [7, 11) is 1.44. The van der Waals surface area contributed by atoms with Gasteiger partial charge < -0.3 is 10.5 Å². The van der Waals surface area contributed by atoms with Crippen molar-refractivity contribution < 1.29 is 18.3 Å². The Morgan fingerprint density at radius 1 is 1.31 bits per heavy atom. The predicted molar refractivity (Wildman–Crippen MR) is 92.6 cm³/mol. The van der Waals surface area contributed by atoms with Gasteiger partial charge in [-0.1, -0.05) is 12.1 Å². The van der Waals surface area contributed by atoms with Crippen molar-refractivity contribution >= 4 is 5.78 Å². The molecule has 26 heavy (non-hydrogen) atoms. The van der Waals surface area contributed by atoms with Crippen LogP contribution in [0.4, 0.5) is 8.78 Å². The third-order valence-electron chi connectivity index (χ3n) is 4.10. The molecule has 3 rings (SSSR count). The molecule has 0 radical (unpaired) electrons. The van der Waals surface area contributed by atoms with E-state index < -0.39 is 17.7 Å². The Labute approximate surface area is 148 Å². The zero-order chi connectivity index (χ0) is 18.7. The number of nitrogens with zero attached hydrogens (tertiary/aromatic N) is 1. The fraction of sp³-hybridized carbons (Fsp3) is 0.158. The van der Waals surface area contributed by atoms with E-state index in [-0.39, 0.29) is 12.2 Å². The second kappa shape index (κ2) is 7.45. The lowest BCUT2D eigenvalue weighted by Crippen LogP contribution is -2.23. The Hall–Kier alpha value is -3.06. The van der Waals surface area contributed by atoms with E-state index in [4.69, 9.17) is 10.5 Å². The number of hydrogen-bond donors (Lipinski definition) is 2. The molecule has 2 aromatic carbocycles. The lowest BCUT2D eigenvalue weighted by molar-refractivity contribution is -0.119. The van der Waals surface area contributed by atoms with Crippen LogP contribution < -0.4 is 10.5 Å². The number of H-pyrrole nitrogens is 1. The van der Waals surface area contributed by atoms with E-state index in [9.17, 15) is 13.6 Å². The van der Waals surface area contributed by atoms with Gasteiger partial charge in [0.25, 0.3) is 0 Å². The molecule has 0 bridgehead atoms. The first-order valence-corrected chi connectivity index (χ1v) is 7.89. The molecule has 0 spiro atoms. The average molecular weight is 357 g/mol. The van der Waals surface area contributed by atoms with Crippen LogP contribution in [0.25, 0.3) is 11.1 Å². The summed E-state index contributed by atoms with van der Waals surface area (Å²) in [5, 5.41) is 6.41. The van der Waals surface area contributed by atoms with Crippen LogP contribution in [0.1, 0.15) is 17.2 Å². The minimum absolute atomic E-state index is 0.135. The number of nitrogens with two attached hydrogens (primary N) is 1. The topological polar surface area (TPSA) is 81.0 Å². The van der Waals surface area contributed by atoms with Crippen molar-refractivity contribution in [2.24, 2.45) is 5.73 Å². The molecule has 7 heteroatoms. The summed E-state index contributed by atoms with van der Waals surface area (Å²) in [4.78, 5) is 12.5. The van der Waals surface area contributed by atoms with E-state index in [2.05, 4.69) is 10.2 Å². The molecule has 0 aliphatic heterocycles. The summed E-state index contributed by atoms with van der Waals surface area (Å²) in [6, 6.07) is 7.29. The highest BCUT2D eigenvalue weighted by Crippen LogP contribution is 2.31. The lowest BCUT2D eigenvalue weighted by Gasteiger charge is -2.14. The number of aromatic nitrogens is 2. The van der Waals surface area contributed by atoms with Crippen LogP contribution in [0.5, 0.6) is 5.75 Å². The van der Waals surface area contributed by atoms with Gasteiger partial charge in [0.2, 0.25) is 0 Å². The normalized spacial score (nSPS) is 12.0. The van der Waals surface area contributed by atoms with E-state index >= 15 is 0 Å². The van der Waals surface area contributed by atoms with Gasteiger partial charge in [0.15, 0.2) is 5.78 Å².